The van der Waals surface area contributed by atoms with Gasteiger partial charge in [-0.3, -0.25) is 14.7 Å². The molecule has 8 heteroatoms. The summed E-state index contributed by atoms with van der Waals surface area (Å²) in [5, 5.41) is 12.4. The first-order chi connectivity index (χ1) is 12.8. The lowest BCUT2D eigenvalue weighted by molar-refractivity contribution is -0.942. The lowest BCUT2D eigenvalue weighted by atomic mass is 9.89. The normalized spacial score (nSPS) is 27.9. The van der Waals surface area contributed by atoms with Crippen LogP contribution in [0, 0.1) is 0 Å². The number of quaternary nitrogens is 1. The van der Waals surface area contributed by atoms with Crippen LogP contribution >= 0.6 is 0 Å². The maximum atomic E-state index is 14.0. The molecule has 0 bridgehead atoms. The molecule has 0 saturated heterocycles. The maximum Gasteiger partial charge on any atom is 0.427 e. The van der Waals surface area contributed by atoms with Gasteiger partial charge < -0.3 is 10.0 Å². The highest BCUT2D eigenvalue weighted by Gasteiger charge is 2.66. The van der Waals surface area contributed by atoms with Crippen LogP contribution in [0.25, 0.3) is 0 Å². The van der Waals surface area contributed by atoms with E-state index in [-0.39, 0.29) is 12.2 Å². The molecule has 2 aliphatic carbocycles. The molecule has 1 N–H and O–H groups in total. The van der Waals surface area contributed by atoms with Gasteiger partial charge in [0.2, 0.25) is 0 Å². The number of halogens is 3. The number of aliphatic imine (C=N–C) groups is 1. The van der Waals surface area contributed by atoms with E-state index in [9.17, 15) is 23.1 Å². The first-order valence-corrected chi connectivity index (χ1v) is 9.41. The number of nitrogens with one attached hydrogen (secondary N) is 1. The van der Waals surface area contributed by atoms with Crippen LogP contribution in [0.5, 0.6) is 0 Å². The first kappa shape index (κ1) is 18.3. The third-order valence-electron chi connectivity index (χ3n) is 5.97. The Labute approximate surface area is 155 Å². The number of hydrogen-bond acceptors (Lipinski definition) is 3. The van der Waals surface area contributed by atoms with E-state index in [2.05, 4.69) is 4.99 Å². The zero-order chi connectivity index (χ0) is 19.2. The minimum absolute atomic E-state index is 0.0266. The van der Waals surface area contributed by atoms with Gasteiger partial charge >= 0.3 is 6.18 Å². The molecule has 1 aliphatic heterocycles. The van der Waals surface area contributed by atoms with E-state index in [0.717, 1.165) is 48.3 Å². The van der Waals surface area contributed by atoms with Crippen LogP contribution in [0.1, 0.15) is 44.1 Å². The Bertz CT molecular complexity index is 742. The summed E-state index contributed by atoms with van der Waals surface area (Å²) in [6.45, 7) is -0.0266. The molecule has 2 fully saturated rings. The van der Waals surface area contributed by atoms with Gasteiger partial charge in [0.05, 0.1) is 18.1 Å². The van der Waals surface area contributed by atoms with E-state index in [4.69, 9.17) is 0 Å². The van der Waals surface area contributed by atoms with Crippen molar-refractivity contribution in [2.75, 3.05) is 6.67 Å². The third-order valence-corrected chi connectivity index (χ3v) is 5.97. The maximum absolute atomic E-state index is 14.0. The van der Waals surface area contributed by atoms with Crippen LogP contribution in [-0.2, 0) is 10.3 Å². The molecule has 3 aliphatic rings. The Balaban J connectivity index is 1.66. The Hall–Kier alpha value is -2.09. The molecule has 1 heterocycles. The van der Waals surface area contributed by atoms with Crippen LogP contribution in [0.2, 0.25) is 0 Å². The van der Waals surface area contributed by atoms with Crippen molar-refractivity contribution >= 4 is 11.9 Å². The number of hydrogen-bond donors (Lipinski definition) is 1. The summed E-state index contributed by atoms with van der Waals surface area (Å²) >= 11 is 0. The molecule has 1 aromatic carbocycles. The Morgan fingerprint density at radius 2 is 1.70 bits per heavy atom. The number of amides is 1. The van der Waals surface area contributed by atoms with Crippen LogP contribution in [-0.4, -0.2) is 41.8 Å². The summed E-state index contributed by atoms with van der Waals surface area (Å²) in [6, 6.07) is 6.34. The van der Waals surface area contributed by atoms with Crippen molar-refractivity contribution in [2.24, 2.45) is 4.99 Å². The van der Waals surface area contributed by atoms with E-state index in [1.54, 1.807) is 6.07 Å². The summed E-state index contributed by atoms with van der Waals surface area (Å²) in [5.74, 6) is -1.28. The fourth-order valence-electron chi connectivity index (χ4n) is 4.41. The zero-order valence-corrected chi connectivity index (χ0v) is 14.8. The molecule has 2 saturated carbocycles. The van der Waals surface area contributed by atoms with E-state index in [1.807, 2.05) is 0 Å². The third kappa shape index (κ3) is 2.99. The first-order valence-electron chi connectivity index (χ1n) is 9.41. The summed E-state index contributed by atoms with van der Waals surface area (Å²) in [5.41, 5.74) is -3.44. The van der Waals surface area contributed by atoms with Crippen molar-refractivity contribution in [3.8, 4) is 0 Å². The zero-order valence-electron chi connectivity index (χ0n) is 14.8. The monoisotopic (exact) mass is 381 g/mol. The number of amidine groups is 1. The average molecular weight is 381 g/mol. The Morgan fingerprint density at radius 3 is 2.26 bits per heavy atom. The van der Waals surface area contributed by atoms with Gasteiger partial charge in [0.25, 0.3) is 11.4 Å². The van der Waals surface area contributed by atoms with Gasteiger partial charge in [0.15, 0.2) is 6.67 Å². The summed E-state index contributed by atoms with van der Waals surface area (Å²) in [4.78, 5) is 18.1. The number of carbonyl (C=O) groups is 1. The topological polar surface area (TPSA) is 60.2 Å². The fraction of sp³-hybridized carbons (Fsp3) is 0.579. The van der Waals surface area contributed by atoms with Crippen molar-refractivity contribution in [3.05, 3.63) is 35.9 Å². The van der Waals surface area contributed by atoms with Crippen molar-refractivity contribution in [2.45, 2.75) is 62.3 Å². The molecule has 2 atom stereocenters. The van der Waals surface area contributed by atoms with Gasteiger partial charge in [-0.2, -0.15) is 13.2 Å². The van der Waals surface area contributed by atoms with Gasteiger partial charge in [-0.15, -0.1) is 0 Å². The smallest absolute Gasteiger partial charge is 0.427 e. The summed E-state index contributed by atoms with van der Waals surface area (Å²) < 4.78 is 42.0. The summed E-state index contributed by atoms with van der Waals surface area (Å²) in [6.07, 6.45) is 1.14. The van der Waals surface area contributed by atoms with Crippen molar-refractivity contribution in [3.63, 3.8) is 0 Å². The quantitative estimate of drug-likeness (QED) is 0.826. The molecule has 146 valence electrons. The molecule has 1 amide bonds. The molecule has 1 unspecified atom stereocenters. The number of nitrogens with zero attached hydrogens (tertiary/aromatic N) is 2. The van der Waals surface area contributed by atoms with Crippen molar-refractivity contribution < 1.29 is 28.0 Å². The highest BCUT2D eigenvalue weighted by molar-refractivity contribution is 6.04. The molecule has 27 heavy (non-hydrogen) atoms. The average Bonchev–Trinajstić information content (AvgIpc) is 3.25. The molecule has 0 aromatic heterocycles. The van der Waals surface area contributed by atoms with Gasteiger partial charge in [-0.05, 0) is 31.2 Å². The van der Waals surface area contributed by atoms with Gasteiger partial charge in [-0.25, -0.2) is 0 Å². The fourth-order valence-corrected chi connectivity index (χ4v) is 4.41. The Kier molecular flexibility index (Phi) is 4.41. The molecule has 4 rings (SSSR count). The van der Waals surface area contributed by atoms with Gasteiger partial charge in [-0.1, -0.05) is 30.3 Å². The van der Waals surface area contributed by atoms with Crippen LogP contribution < -0.4 is 10.0 Å². The molecule has 0 radical (unpaired) electrons. The number of rotatable bonds is 5. The molecular formula is C19H22F3N3O2. The molecule has 0 spiro atoms. The lowest BCUT2D eigenvalue weighted by Gasteiger charge is -2.33. The predicted molar refractivity (Wildman–Crippen MR) is 89.6 cm³/mol. The van der Waals surface area contributed by atoms with E-state index in [0.29, 0.717) is 12.1 Å². The second-order valence-corrected chi connectivity index (χ2v) is 7.69. The van der Waals surface area contributed by atoms with E-state index < -0.39 is 23.6 Å². The van der Waals surface area contributed by atoms with Crippen LogP contribution in [0.15, 0.2) is 35.3 Å². The number of benzene rings is 1. The Morgan fingerprint density at radius 1 is 1.11 bits per heavy atom. The van der Waals surface area contributed by atoms with Crippen molar-refractivity contribution in [1.29, 1.82) is 0 Å². The summed E-state index contributed by atoms with van der Waals surface area (Å²) in [7, 11) is 0. The lowest BCUT2D eigenvalue weighted by Crippen LogP contribution is -3.18. The second-order valence-electron chi connectivity index (χ2n) is 7.69. The second kappa shape index (κ2) is 6.51. The number of carbonyl (C=O) groups excluding carboxylic acids is 1. The van der Waals surface area contributed by atoms with Crippen molar-refractivity contribution in [1.82, 2.24) is 4.90 Å². The van der Waals surface area contributed by atoms with Gasteiger partial charge in [0, 0.05) is 12.8 Å². The molecule has 1 aromatic rings. The largest absolute Gasteiger partial charge is 0.846 e. The molecular weight excluding hydrogens is 359 g/mol. The van der Waals surface area contributed by atoms with Gasteiger partial charge in [0.1, 0.15) is 0 Å². The highest BCUT2D eigenvalue weighted by Crippen LogP contribution is 2.46. The van der Waals surface area contributed by atoms with E-state index in [1.165, 1.54) is 24.3 Å². The van der Waals surface area contributed by atoms with Crippen LogP contribution in [0.3, 0.4) is 0 Å². The molecule has 5 nitrogen and oxygen atoms in total. The highest BCUT2D eigenvalue weighted by atomic mass is 19.4. The minimum atomic E-state index is -4.98. The van der Waals surface area contributed by atoms with E-state index >= 15 is 0 Å². The number of alkyl halides is 3. The standard InChI is InChI=1S/C19H22F3N3O2/c20-19(21,22)18(13-6-2-1-3-7-13)16(26)25(17(27)23-18)12-24(15-10-11-15)14-8-4-5-9-14/h1-3,6-7,14-15H,4-5,8-12H2,(H,23,27)/t18-/m1/s1. The van der Waals surface area contributed by atoms with Crippen LogP contribution in [0.4, 0.5) is 13.2 Å². The predicted octanol–water partition coefficient (Wildman–Crippen LogP) is 0.950. The minimum Gasteiger partial charge on any atom is -0.846 e. The SMILES string of the molecule is O=C1N(C[NH+](C2CCCC2)C2CC2)C([O-])=N[C@@]1(c1ccccc1)C(F)(F)F.